The summed E-state index contributed by atoms with van der Waals surface area (Å²) in [6.45, 7) is 37.6. The van der Waals surface area contributed by atoms with Gasteiger partial charge in [-0.15, -0.1) is 0 Å². The van der Waals surface area contributed by atoms with Gasteiger partial charge in [-0.1, -0.05) is 133 Å². The van der Waals surface area contributed by atoms with Crippen LogP contribution in [0.4, 0.5) is 92.8 Å². The Bertz CT molecular complexity index is 5200. The highest BCUT2D eigenvalue weighted by Crippen LogP contribution is 2.38. The number of amides is 4. The van der Waals surface area contributed by atoms with Crippen LogP contribution in [-0.4, -0.2) is 175 Å². The van der Waals surface area contributed by atoms with Crippen molar-refractivity contribution in [1.82, 2.24) is 66.5 Å². The van der Waals surface area contributed by atoms with E-state index in [-0.39, 0.29) is 68.7 Å². The highest BCUT2D eigenvalue weighted by molar-refractivity contribution is 5.98. The summed E-state index contributed by atoms with van der Waals surface area (Å²) in [4.78, 5) is 102. The second kappa shape index (κ2) is 43.8. The Hall–Kier alpha value is -13.3. The molecule has 34 heteroatoms. The topological polar surface area (TPSA) is 452 Å². The van der Waals surface area contributed by atoms with E-state index < -0.39 is 4.92 Å². The SMILES string of the molecule is CNC(=O)c1ccc(C)c(Nc2nc(N(C)CC(C)(C)C)nc(N[C@@H]3CCNC3)c2C#N)c1.CNC(=O)c1ccc(C)c(Nc2nc(NC3CCCC3)c(C#N)c(N(C)CC(C)(C)C)n2)c1.CNC(=O)c1ccc(C)c(Nc2nc(NC3CCCC3)nc(N(C)CC(C)(C)C)c2C#N)c1.CNC(=O)c1ccc(C)c(Nc2ncnc(NCC(C)(C)C)c2[N+](=O)[O-])c1. The van der Waals surface area contributed by atoms with Crippen molar-refractivity contribution in [3.8, 4) is 18.2 Å². The lowest BCUT2D eigenvalue weighted by Crippen LogP contribution is -2.31. The third kappa shape index (κ3) is 28.4. The van der Waals surface area contributed by atoms with E-state index in [0.717, 1.165) is 98.5 Å². The molecule has 8 aromatic rings. The standard InChI is InChI=1S/2C25H35N7O.C24H34N8O.C18H24N6O3/c1-16-11-12-17(23(33)27-5)13-20(16)29-21-19(14-26)22(32(6)15-25(2,3)4)31-24(30-21)28-18-9-7-8-10-18;1-16-11-12-17(23(33)27-5)13-20(16)29-24-30-21(28-18-9-7-8-10-18)19(14-26)22(31-24)32(6)15-25(2,3)4;1-15-7-8-16(22(33)26-5)11-19(15)29-21-18(12-25)20(28-17-9-10-27-13-17)30-23(31-21)32(6)14-24(2,3)4;1-11-6-7-12(17(25)19-5)8-13(11)23-16-14(24(26)27)15(21-10-22-16)20-9-18(2,3)4/h2*11-13,18H,7-10,15H2,1-6H3,(H,27,33)(H2,28,29,30,31);7-8,11,17,27H,9-10,13-14H2,1-6H3,(H,26,33)(H2,28,29,30,31);6-8,10H,9H2,1-5H3,(H,19,25)(H2,20,21,22,23)/t;;17-;/m..1./s1. The Kier molecular flexibility index (Phi) is 34.2. The fourth-order valence-corrected chi connectivity index (χ4v) is 14.5. The van der Waals surface area contributed by atoms with Gasteiger partial charge in [-0.25, -0.2) is 9.97 Å². The lowest BCUT2D eigenvalue weighted by Gasteiger charge is -2.29. The third-order valence-corrected chi connectivity index (χ3v) is 20.7. The molecule has 2 saturated carbocycles. The van der Waals surface area contributed by atoms with Crippen LogP contribution in [0.15, 0.2) is 79.1 Å². The Morgan fingerprint density at radius 3 is 1.20 bits per heavy atom. The fraction of sp³-hybridized carbons (Fsp3) is 0.489. The predicted molar refractivity (Wildman–Crippen MR) is 503 cm³/mol. The number of carbonyl (C=O) groups is 4. The molecule has 34 nitrogen and oxygen atoms in total. The minimum Gasteiger partial charge on any atom is -0.366 e. The molecule has 3 aliphatic rings. The summed E-state index contributed by atoms with van der Waals surface area (Å²) in [7, 11) is 12.2. The molecule has 126 heavy (non-hydrogen) atoms. The van der Waals surface area contributed by atoms with Gasteiger partial charge in [0.15, 0.2) is 34.9 Å². The van der Waals surface area contributed by atoms with Crippen LogP contribution in [0.3, 0.4) is 0 Å². The molecule has 0 bridgehead atoms. The molecule has 0 unspecified atom stereocenters. The molecule has 11 rings (SSSR count). The van der Waals surface area contributed by atoms with Gasteiger partial charge in [0.25, 0.3) is 23.6 Å². The Morgan fingerprint density at radius 2 is 0.802 bits per heavy atom. The van der Waals surface area contributed by atoms with Crippen LogP contribution in [0.1, 0.15) is 221 Å². The van der Waals surface area contributed by atoms with Crippen LogP contribution in [0.5, 0.6) is 0 Å². The lowest BCUT2D eigenvalue weighted by atomic mass is 9.96. The number of hydrogen-bond acceptors (Lipinski definition) is 29. The molecule has 1 saturated heterocycles. The Labute approximate surface area is 741 Å². The Balaban J connectivity index is 0.000000209. The van der Waals surface area contributed by atoms with Crippen LogP contribution in [0.2, 0.25) is 0 Å². The van der Waals surface area contributed by atoms with Crippen molar-refractivity contribution in [3.05, 3.63) is 150 Å². The van der Waals surface area contributed by atoms with E-state index in [1.165, 1.54) is 39.1 Å². The minimum atomic E-state index is -0.523. The number of nitrogens with one attached hydrogen (secondary N) is 13. The van der Waals surface area contributed by atoms with Crippen molar-refractivity contribution in [1.29, 1.82) is 15.8 Å². The summed E-state index contributed by atoms with van der Waals surface area (Å²) in [6.07, 6.45) is 11.3. The van der Waals surface area contributed by atoms with Gasteiger partial charge in [-0.2, -0.15) is 45.7 Å². The van der Waals surface area contributed by atoms with Crippen molar-refractivity contribution in [2.75, 3.05) is 146 Å². The van der Waals surface area contributed by atoms with E-state index in [2.05, 4.69) is 160 Å². The molecule has 672 valence electrons. The first-order valence-corrected chi connectivity index (χ1v) is 42.7. The number of nitrogens with zero attached hydrogens (tertiary/aromatic N) is 15. The monoisotopic (exact) mass is 1720 g/mol. The van der Waals surface area contributed by atoms with Gasteiger partial charge in [0.1, 0.15) is 41.2 Å². The number of anilines is 15. The van der Waals surface area contributed by atoms with Gasteiger partial charge in [0, 0.05) is 145 Å². The molecule has 1 aliphatic heterocycles. The summed E-state index contributed by atoms with van der Waals surface area (Å²) in [5.41, 5.74) is 9.40. The van der Waals surface area contributed by atoms with E-state index in [1.807, 2.05) is 103 Å². The zero-order chi connectivity index (χ0) is 92.7. The van der Waals surface area contributed by atoms with E-state index in [4.69, 9.17) is 29.9 Å². The number of hydrogen-bond donors (Lipinski definition) is 13. The average Bonchev–Trinajstić information content (AvgIpc) is 0.903. The zero-order valence-corrected chi connectivity index (χ0v) is 77.5. The lowest BCUT2D eigenvalue weighted by molar-refractivity contribution is -0.383. The maximum Gasteiger partial charge on any atom is 0.353 e. The van der Waals surface area contributed by atoms with Crippen LogP contribution in [0.25, 0.3) is 0 Å². The maximum atomic E-state index is 12.1. The number of carbonyl (C=O) groups excluding carboxylic acids is 4. The van der Waals surface area contributed by atoms with Gasteiger partial charge in [0.2, 0.25) is 29.5 Å². The predicted octanol–water partition coefficient (Wildman–Crippen LogP) is 15.5. The second-order valence-electron chi connectivity index (χ2n) is 37.0. The molecule has 0 spiro atoms. The van der Waals surface area contributed by atoms with E-state index in [0.29, 0.717) is 122 Å². The van der Waals surface area contributed by atoms with Crippen LogP contribution in [0, 0.1) is 93.5 Å². The molecule has 4 aromatic heterocycles. The minimum absolute atomic E-state index is 0.0253. The number of aromatic nitrogens is 8. The molecule has 3 fully saturated rings. The summed E-state index contributed by atoms with van der Waals surface area (Å²) < 4.78 is 0. The first-order valence-electron chi connectivity index (χ1n) is 42.7. The zero-order valence-electron chi connectivity index (χ0n) is 77.5. The van der Waals surface area contributed by atoms with Crippen molar-refractivity contribution in [2.45, 2.75) is 187 Å². The summed E-state index contributed by atoms with van der Waals surface area (Å²) in [5.74, 6) is 3.97. The summed E-state index contributed by atoms with van der Waals surface area (Å²) in [6, 6.07) is 29.1. The maximum absolute atomic E-state index is 12.1. The van der Waals surface area contributed by atoms with Crippen molar-refractivity contribution < 1.29 is 24.1 Å². The van der Waals surface area contributed by atoms with Gasteiger partial charge in [-0.3, -0.25) is 29.3 Å². The largest absolute Gasteiger partial charge is 0.366 e. The van der Waals surface area contributed by atoms with Crippen molar-refractivity contribution in [3.63, 3.8) is 0 Å². The number of benzene rings is 4. The number of aryl methyl sites for hydroxylation is 4. The summed E-state index contributed by atoms with van der Waals surface area (Å²) in [5, 5.41) is 81.8. The second-order valence-corrected chi connectivity index (χ2v) is 37.0. The number of nitriles is 3. The third-order valence-electron chi connectivity index (χ3n) is 20.7. The molecule has 0 radical (unpaired) electrons. The van der Waals surface area contributed by atoms with Gasteiger partial charge in [0.05, 0.1) is 4.92 Å². The smallest absolute Gasteiger partial charge is 0.353 e. The first-order chi connectivity index (χ1) is 59.4. The number of rotatable bonds is 27. The average molecular weight is 1720 g/mol. The molecule has 2 aliphatic carbocycles. The normalized spacial score (nSPS) is 13.8. The van der Waals surface area contributed by atoms with Gasteiger partial charge >= 0.3 is 5.69 Å². The highest BCUT2D eigenvalue weighted by Gasteiger charge is 2.31. The van der Waals surface area contributed by atoms with Crippen molar-refractivity contribution in [2.24, 2.45) is 21.7 Å². The van der Waals surface area contributed by atoms with Gasteiger partial charge < -0.3 is 83.8 Å². The molecular formula is C92H128N28O6. The Morgan fingerprint density at radius 1 is 0.444 bits per heavy atom. The van der Waals surface area contributed by atoms with E-state index in [9.17, 15) is 45.1 Å². The van der Waals surface area contributed by atoms with Crippen molar-refractivity contribution >= 4 is 116 Å². The number of nitro groups is 1. The quantitative estimate of drug-likeness (QED) is 0.0168. The van der Waals surface area contributed by atoms with E-state index in [1.54, 1.807) is 75.7 Å². The molecule has 4 aromatic carbocycles. The molecule has 4 amide bonds. The molecule has 13 N–H and O–H groups in total. The van der Waals surface area contributed by atoms with Crippen LogP contribution in [-0.2, 0) is 0 Å². The summed E-state index contributed by atoms with van der Waals surface area (Å²) >= 11 is 0. The highest BCUT2D eigenvalue weighted by atomic mass is 16.6. The molecule has 1 atom stereocenters. The van der Waals surface area contributed by atoms with Crippen LogP contribution >= 0.6 is 0 Å². The molecule has 5 heterocycles. The first kappa shape index (κ1) is 98.1. The van der Waals surface area contributed by atoms with Crippen LogP contribution < -0.4 is 83.8 Å². The molecular weight excluding hydrogens is 1590 g/mol. The fourth-order valence-electron chi connectivity index (χ4n) is 14.5. The van der Waals surface area contributed by atoms with Gasteiger partial charge in [-0.05, 0) is 159 Å². The van der Waals surface area contributed by atoms with E-state index >= 15 is 0 Å².